The molecule has 0 bridgehead atoms. The van der Waals surface area contributed by atoms with E-state index in [2.05, 4.69) is 10.3 Å². The van der Waals surface area contributed by atoms with E-state index < -0.39 is 4.92 Å². The molecule has 6 nitrogen and oxygen atoms in total. The first kappa shape index (κ1) is 13.2. The van der Waals surface area contributed by atoms with Crippen molar-refractivity contribution in [1.82, 2.24) is 4.98 Å². The first-order valence-electron chi connectivity index (χ1n) is 5.46. The molecule has 19 heavy (non-hydrogen) atoms. The van der Waals surface area contributed by atoms with E-state index in [4.69, 9.17) is 0 Å². The van der Waals surface area contributed by atoms with Crippen LogP contribution in [0.4, 0.5) is 11.4 Å². The fourth-order valence-corrected chi connectivity index (χ4v) is 2.20. The minimum Gasteiger partial charge on any atom is -0.320 e. The third kappa shape index (κ3) is 2.76. The van der Waals surface area contributed by atoms with Crippen LogP contribution in [0.5, 0.6) is 0 Å². The molecule has 2 aromatic rings. The highest BCUT2D eigenvalue weighted by Crippen LogP contribution is 2.25. The van der Waals surface area contributed by atoms with Crippen LogP contribution in [0, 0.1) is 24.0 Å². The standard InChI is InChI=1S/C12H11N3O3S/c1-7-9(4-3-5-11(7)15(17)18)14-12(16)10-6-19-8(2)13-10/h3-6H,1-2H3,(H,14,16). The van der Waals surface area contributed by atoms with Gasteiger partial charge in [-0.05, 0) is 19.9 Å². The zero-order chi connectivity index (χ0) is 14.0. The van der Waals surface area contributed by atoms with Crippen molar-refractivity contribution >= 4 is 28.6 Å². The Kier molecular flexibility index (Phi) is 3.57. The number of nitrogens with one attached hydrogen (secondary N) is 1. The zero-order valence-corrected chi connectivity index (χ0v) is 11.2. The van der Waals surface area contributed by atoms with Crippen LogP contribution in [0.1, 0.15) is 21.1 Å². The highest BCUT2D eigenvalue weighted by Gasteiger charge is 2.16. The number of amides is 1. The summed E-state index contributed by atoms with van der Waals surface area (Å²) in [7, 11) is 0. The van der Waals surface area contributed by atoms with E-state index in [1.807, 2.05) is 0 Å². The number of hydrogen-bond donors (Lipinski definition) is 1. The number of thiazole rings is 1. The lowest BCUT2D eigenvalue weighted by Crippen LogP contribution is -2.13. The minimum atomic E-state index is -0.474. The summed E-state index contributed by atoms with van der Waals surface area (Å²) in [5, 5.41) is 15.9. The smallest absolute Gasteiger partial charge is 0.275 e. The van der Waals surface area contributed by atoms with Crippen molar-refractivity contribution in [2.24, 2.45) is 0 Å². The van der Waals surface area contributed by atoms with Gasteiger partial charge in [-0.25, -0.2) is 4.98 Å². The summed E-state index contributed by atoms with van der Waals surface area (Å²) in [6.45, 7) is 3.40. The van der Waals surface area contributed by atoms with E-state index in [-0.39, 0.29) is 11.6 Å². The van der Waals surface area contributed by atoms with Gasteiger partial charge in [-0.15, -0.1) is 11.3 Å². The van der Waals surface area contributed by atoms with Crippen LogP contribution in [0.25, 0.3) is 0 Å². The van der Waals surface area contributed by atoms with Gasteiger partial charge in [-0.1, -0.05) is 6.07 Å². The molecule has 1 heterocycles. The summed E-state index contributed by atoms with van der Waals surface area (Å²) in [4.78, 5) is 26.3. The molecule has 0 spiro atoms. The summed E-state index contributed by atoms with van der Waals surface area (Å²) in [5.41, 5.74) is 1.14. The van der Waals surface area contributed by atoms with Gasteiger partial charge in [-0.2, -0.15) is 0 Å². The molecule has 0 aliphatic carbocycles. The van der Waals surface area contributed by atoms with Gasteiger partial charge in [0, 0.05) is 11.4 Å². The van der Waals surface area contributed by atoms with Gasteiger partial charge in [-0.3, -0.25) is 14.9 Å². The molecule has 0 saturated carbocycles. The number of hydrogen-bond acceptors (Lipinski definition) is 5. The molecule has 1 amide bonds. The summed E-state index contributed by atoms with van der Waals surface area (Å²) >= 11 is 1.38. The van der Waals surface area contributed by atoms with Gasteiger partial charge in [0.15, 0.2) is 0 Å². The van der Waals surface area contributed by atoms with Crippen molar-refractivity contribution < 1.29 is 9.72 Å². The van der Waals surface area contributed by atoms with E-state index in [1.165, 1.54) is 23.5 Å². The Labute approximate surface area is 113 Å². The number of nitro benzene ring substituents is 1. The highest BCUT2D eigenvalue weighted by molar-refractivity contribution is 7.09. The monoisotopic (exact) mass is 277 g/mol. The van der Waals surface area contributed by atoms with Crippen molar-refractivity contribution in [2.75, 3.05) is 5.32 Å². The van der Waals surface area contributed by atoms with Gasteiger partial charge in [0.1, 0.15) is 5.69 Å². The van der Waals surface area contributed by atoms with Gasteiger partial charge in [0.05, 0.1) is 21.2 Å². The maximum absolute atomic E-state index is 11.9. The molecule has 2 rings (SSSR count). The Balaban J connectivity index is 2.27. The third-order valence-corrected chi connectivity index (χ3v) is 3.38. The van der Waals surface area contributed by atoms with Crippen molar-refractivity contribution in [1.29, 1.82) is 0 Å². The largest absolute Gasteiger partial charge is 0.320 e. The predicted octanol–water partition coefficient (Wildman–Crippen LogP) is 2.92. The van der Waals surface area contributed by atoms with Gasteiger partial charge >= 0.3 is 0 Å². The Morgan fingerprint density at radius 3 is 2.74 bits per heavy atom. The van der Waals surface area contributed by atoms with Crippen LogP contribution in [0.2, 0.25) is 0 Å². The second kappa shape index (κ2) is 5.15. The maximum Gasteiger partial charge on any atom is 0.275 e. The molecule has 1 N–H and O–H groups in total. The second-order valence-corrected chi connectivity index (χ2v) is 4.97. The van der Waals surface area contributed by atoms with Crippen LogP contribution >= 0.6 is 11.3 Å². The molecule has 0 aliphatic rings. The summed E-state index contributed by atoms with van der Waals surface area (Å²) in [5.74, 6) is -0.368. The van der Waals surface area contributed by atoms with E-state index >= 15 is 0 Å². The Hall–Kier alpha value is -2.28. The average Bonchev–Trinajstić information content (AvgIpc) is 2.78. The Morgan fingerprint density at radius 1 is 1.42 bits per heavy atom. The van der Waals surface area contributed by atoms with Gasteiger partial charge in [0.2, 0.25) is 0 Å². The lowest BCUT2D eigenvalue weighted by atomic mass is 10.1. The second-order valence-electron chi connectivity index (χ2n) is 3.91. The number of anilines is 1. The van der Waals surface area contributed by atoms with E-state index in [0.29, 0.717) is 16.9 Å². The van der Waals surface area contributed by atoms with Gasteiger partial charge < -0.3 is 5.32 Å². The molecule has 7 heteroatoms. The number of carbonyl (C=O) groups is 1. The van der Waals surface area contributed by atoms with Crippen LogP contribution in [0.15, 0.2) is 23.6 Å². The zero-order valence-electron chi connectivity index (χ0n) is 10.3. The number of nitro groups is 1. The predicted molar refractivity (Wildman–Crippen MR) is 72.6 cm³/mol. The van der Waals surface area contributed by atoms with Crippen molar-refractivity contribution in [3.63, 3.8) is 0 Å². The fourth-order valence-electron chi connectivity index (χ4n) is 1.61. The van der Waals surface area contributed by atoms with Crippen LogP contribution in [-0.2, 0) is 0 Å². The summed E-state index contributed by atoms with van der Waals surface area (Å²) in [6.07, 6.45) is 0. The quantitative estimate of drug-likeness (QED) is 0.690. The molecule has 98 valence electrons. The molecule has 0 saturated heterocycles. The lowest BCUT2D eigenvalue weighted by molar-refractivity contribution is -0.385. The first-order chi connectivity index (χ1) is 8.99. The van der Waals surface area contributed by atoms with Crippen molar-refractivity contribution in [3.05, 3.63) is 50.0 Å². The fraction of sp³-hybridized carbons (Fsp3) is 0.167. The Morgan fingerprint density at radius 2 is 2.16 bits per heavy atom. The molecule has 1 aromatic carbocycles. The number of rotatable bonds is 3. The molecule has 0 unspecified atom stereocenters. The number of aryl methyl sites for hydroxylation is 1. The average molecular weight is 277 g/mol. The van der Waals surface area contributed by atoms with Gasteiger partial charge in [0.25, 0.3) is 11.6 Å². The summed E-state index contributed by atoms with van der Waals surface area (Å²) in [6, 6.07) is 4.56. The van der Waals surface area contributed by atoms with Crippen LogP contribution < -0.4 is 5.32 Å². The molecule has 1 aromatic heterocycles. The highest BCUT2D eigenvalue weighted by atomic mass is 32.1. The Bertz CT molecular complexity index is 651. The molecule has 0 fully saturated rings. The number of nitrogens with zero attached hydrogens (tertiary/aromatic N) is 2. The minimum absolute atomic E-state index is 0.0211. The third-order valence-electron chi connectivity index (χ3n) is 2.60. The number of aromatic nitrogens is 1. The molecule has 0 aliphatic heterocycles. The lowest BCUT2D eigenvalue weighted by Gasteiger charge is -2.07. The molecule has 0 atom stereocenters. The normalized spacial score (nSPS) is 10.2. The number of carbonyl (C=O) groups excluding carboxylic acids is 1. The van der Waals surface area contributed by atoms with E-state index in [9.17, 15) is 14.9 Å². The van der Waals surface area contributed by atoms with E-state index in [1.54, 1.807) is 25.3 Å². The van der Waals surface area contributed by atoms with Crippen LogP contribution in [-0.4, -0.2) is 15.8 Å². The molecular formula is C12H11N3O3S. The molecular weight excluding hydrogens is 266 g/mol. The topological polar surface area (TPSA) is 85.1 Å². The van der Waals surface area contributed by atoms with Crippen molar-refractivity contribution in [2.45, 2.75) is 13.8 Å². The SMILES string of the molecule is Cc1nc(C(=O)Nc2cccc([N+](=O)[O-])c2C)cs1. The van der Waals surface area contributed by atoms with E-state index in [0.717, 1.165) is 5.01 Å². The molecule has 0 radical (unpaired) electrons. The summed E-state index contributed by atoms with van der Waals surface area (Å²) < 4.78 is 0. The maximum atomic E-state index is 11.9. The van der Waals surface area contributed by atoms with Crippen LogP contribution in [0.3, 0.4) is 0 Å². The first-order valence-corrected chi connectivity index (χ1v) is 6.34. The van der Waals surface area contributed by atoms with Crippen molar-refractivity contribution in [3.8, 4) is 0 Å². The number of benzene rings is 1.